The molecule has 2 aromatic rings. The molecule has 0 aliphatic heterocycles. The van der Waals surface area contributed by atoms with Gasteiger partial charge in [0.05, 0.1) is 10.4 Å². The Bertz CT molecular complexity index is 717. The second kappa shape index (κ2) is 5.53. The summed E-state index contributed by atoms with van der Waals surface area (Å²) in [5.74, 6) is 3.98. The molecular weight excluding hydrogens is 268 g/mol. The molecular formula is C11H12N4O5. The summed E-state index contributed by atoms with van der Waals surface area (Å²) in [5, 5.41) is 10.7. The number of carbonyl (C=O) groups is 1. The van der Waals surface area contributed by atoms with E-state index < -0.39 is 10.7 Å². The van der Waals surface area contributed by atoms with E-state index in [-0.39, 0.29) is 30.1 Å². The van der Waals surface area contributed by atoms with Gasteiger partial charge >= 0.3 is 5.76 Å². The molecule has 106 valence electrons. The fraction of sp³-hybridized carbons (Fsp3) is 0.273. The van der Waals surface area contributed by atoms with Crippen LogP contribution in [0.3, 0.4) is 0 Å². The number of hydrogen-bond donors (Lipinski definition) is 2. The largest absolute Gasteiger partial charge is 0.419 e. The molecule has 0 aliphatic carbocycles. The maximum absolute atomic E-state index is 11.7. The summed E-state index contributed by atoms with van der Waals surface area (Å²) in [7, 11) is 0. The van der Waals surface area contributed by atoms with E-state index in [2.05, 4.69) is 0 Å². The van der Waals surface area contributed by atoms with Gasteiger partial charge in [-0.15, -0.1) is 0 Å². The Morgan fingerprint density at radius 3 is 2.90 bits per heavy atom. The fourth-order valence-corrected chi connectivity index (χ4v) is 1.85. The Kier molecular flexibility index (Phi) is 3.80. The zero-order valence-corrected chi connectivity index (χ0v) is 10.4. The third-order valence-corrected chi connectivity index (χ3v) is 2.81. The van der Waals surface area contributed by atoms with E-state index in [1.54, 1.807) is 0 Å². The molecule has 0 saturated heterocycles. The quantitative estimate of drug-likeness (QED) is 0.349. The molecule has 20 heavy (non-hydrogen) atoms. The first-order chi connectivity index (χ1) is 9.52. The number of aryl methyl sites for hydroxylation is 1. The molecule has 0 fully saturated rings. The van der Waals surface area contributed by atoms with Gasteiger partial charge in [0, 0.05) is 25.1 Å². The van der Waals surface area contributed by atoms with Gasteiger partial charge in [0.2, 0.25) is 5.91 Å². The fourth-order valence-electron chi connectivity index (χ4n) is 1.85. The summed E-state index contributed by atoms with van der Waals surface area (Å²) in [6.07, 6.45) is 0.505. The van der Waals surface area contributed by atoms with Gasteiger partial charge in [0.25, 0.3) is 5.69 Å². The Balaban J connectivity index is 2.29. The van der Waals surface area contributed by atoms with Crippen LogP contribution in [0.1, 0.15) is 12.8 Å². The monoisotopic (exact) mass is 280 g/mol. The van der Waals surface area contributed by atoms with Gasteiger partial charge in [-0.3, -0.25) is 24.9 Å². The van der Waals surface area contributed by atoms with Crippen molar-refractivity contribution in [3.05, 3.63) is 38.9 Å². The van der Waals surface area contributed by atoms with Crippen molar-refractivity contribution in [1.82, 2.24) is 9.99 Å². The standard InChI is InChI=1S/C11H12N4O5/c12-13-10(16)2-1-5-14-8-6-7(15(18)19)3-4-9(8)20-11(14)17/h3-4,6H,1-2,5,12H2,(H,13,16). The lowest BCUT2D eigenvalue weighted by molar-refractivity contribution is -0.384. The van der Waals surface area contributed by atoms with Crippen LogP contribution in [0.4, 0.5) is 5.69 Å². The minimum atomic E-state index is -0.617. The number of benzene rings is 1. The van der Waals surface area contributed by atoms with Crippen molar-refractivity contribution in [1.29, 1.82) is 0 Å². The van der Waals surface area contributed by atoms with Crippen molar-refractivity contribution in [3.63, 3.8) is 0 Å². The Morgan fingerprint density at radius 1 is 1.50 bits per heavy atom. The van der Waals surface area contributed by atoms with Crippen LogP contribution in [0, 0.1) is 10.1 Å². The van der Waals surface area contributed by atoms with Crippen LogP contribution in [-0.4, -0.2) is 15.4 Å². The average molecular weight is 280 g/mol. The van der Waals surface area contributed by atoms with Gasteiger partial charge in [0.1, 0.15) is 0 Å². The Labute approximate surface area is 112 Å². The highest BCUT2D eigenvalue weighted by Crippen LogP contribution is 2.20. The molecule has 0 atom stereocenters. The third kappa shape index (κ3) is 2.67. The predicted octanol–water partition coefficient (Wildman–Crippen LogP) is 0.273. The van der Waals surface area contributed by atoms with Gasteiger partial charge in [0.15, 0.2) is 5.58 Å². The molecule has 2 rings (SSSR count). The van der Waals surface area contributed by atoms with Crippen LogP contribution in [-0.2, 0) is 11.3 Å². The summed E-state index contributed by atoms with van der Waals surface area (Å²) in [6, 6.07) is 3.90. The number of non-ortho nitro benzene ring substituents is 1. The molecule has 1 heterocycles. The number of nitrogens with one attached hydrogen (secondary N) is 1. The molecule has 3 N–H and O–H groups in total. The molecule has 0 saturated carbocycles. The van der Waals surface area contributed by atoms with Crippen molar-refractivity contribution >= 4 is 22.7 Å². The summed E-state index contributed by atoms with van der Waals surface area (Å²) in [4.78, 5) is 32.8. The second-order valence-corrected chi connectivity index (χ2v) is 4.10. The lowest BCUT2D eigenvalue weighted by Gasteiger charge is -2.01. The topological polar surface area (TPSA) is 133 Å². The maximum atomic E-state index is 11.7. The summed E-state index contributed by atoms with van der Waals surface area (Å²) in [6.45, 7) is 0.209. The number of nitro benzene ring substituents is 1. The molecule has 1 aromatic heterocycles. The maximum Gasteiger partial charge on any atom is 0.419 e. The summed E-state index contributed by atoms with van der Waals surface area (Å²) in [5.41, 5.74) is 2.45. The summed E-state index contributed by atoms with van der Waals surface area (Å²) >= 11 is 0. The number of aromatic nitrogens is 1. The lowest BCUT2D eigenvalue weighted by atomic mass is 10.2. The van der Waals surface area contributed by atoms with Gasteiger partial charge < -0.3 is 4.42 Å². The van der Waals surface area contributed by atoms with Crippen molar-refractivity contribution in [2.24, 2.45) is 5.84 Å². The number of carbonyl (C=O) groups excluding carboxylic acids is 1. The van der Waals surface area contributed by atoms with Crippen molar-refractivity contribution < 1.29 is 14.1 Å². The van der Waals surface area contributed by atoms with Gasteiger partial charge in [-0.05, 0) is 12.5 Å². The Morgan fingerprint density at radius 2 is 2.25 bits per heavy atom. The van der Waals surface area contributed by atoms with Crippen molar-refractivity contribution in [3.8, 4) is 0 Å². The zero-order chi connectivity index (χ0) is 14.7. The van der Waals surface area contributed by atoms with Crippen LogP contribution in [0.2, 0.25) is 0 Å². The van der Waals surface area contributed by atoms with Crippen LogP contribution < -0.4 is 17.0 Å². The minimum absolute atomic E-state index is 0.133. The molecule has 9 heteroatoms. The molecule has 0 spiro atoms. The lowest BCUT2D eigenvalue weighted by Crippen LogP contribution is -2.30. The summed E-state index contributed by atoms with van der Waals surface area (Å²) < 4.78 is 6.23. The highest BCUT2D eigenvalue weighted by atomic mass is 16.6. The third-order valence-electron chi connectivity index (χ3n) is 2.81. The van der Waals surface area contributed by atoms with Crippen LogP contribution in [0.25, 0.3) is 11.1 Å². The molecule has 0 radical (unpaired) electrons. The Hall–Kier alpha value is -2.68. The van der Waals surface area contributed by atoms with Crippen molar-refractivity contribution in [2.45, 2.75) is 19.4 Å². The van der Waals surface area contributed by atoms with Gasteiger partial charge in [-0.25, -0.2) is 10.6 Å². The van der Waals surface area contributed by atoms with E-state index in [0.717, 1.165) is 0 Å². The number of hydrazine groups is 1. The number of nitrogens with zero attached hydrogens (tertiary/aromatic N) is 2. The smallest absolute Gasteiger partial charge is 0.408 e. The number of oxazole rings is 1. The molecule has 1 amide bonds. The first-order valence-corrected chi connectivity index (χ1v) is 5.80. The van der Waals surface area contributed by atoms with E-state index in [9.17, 15) is 19.7 Å². The number of nitrogens with two attached hydrogens (primary N) is 1. The number of amides is 1. The molecule has 0 unspecified atom stereocenters. The first kappa shape index (κ1) is 13.7. The number of nitro groups is 1. The normalized spacial score (nSPS) is 10.7. The SMILES string of the molecule is NNC(=O)CCCn1c(=O)oc2ccc([N+](=O)[O-])cc21. The first-order valence-electron chi connectivity index (χ1n) is 5.80. The van der Waals surface area contributed by atoms with Crippen LogP contribution >= 0.6 is 0 Å². The number of hydrogen-bond acceptors (Lipinski definition) is 6. The van der Waals surface area contributed by atoms with Crippen LogP contribution in [0.15, 0.2) is 27.4 Å². The number of fused-ring (bicyclic) bond motifs is 1. The average Bonchev–Trinajstić information content (AvgIpc) is 2.74. The van der Waals surface area contributed by atoms with Crippen molar-refractivity contribution in [2.75, 3.05) is 0 Å². The minimum Gasteiger partial charge on any atom is -0.408 e. The van der Waals surface area contributed by atoms with E-state index in [1.165, 1.54) is 22.8 Å². The molecule has 1 aromatic carbocycles. The van der Waals surface area contributed by atoms with E-state index >= 15 is 0 Å². The highest BCUT2D eigenvalue weighted by molar-refractivity contribution is 5.76. The second-order valence-electron chi connectivity index (χ2n) is 4.10. The predicted molar refractivity (Wildman–Crippen MR) is 68.7 cm³/mol. The van der Waals surface area contributed by atoms with E-state index in [4.69, 9.17) is 10.3 Å². The molecule has 0 aliphatic rings. The molecule has 0 bridgehead atoms. The zero-order valence-electron chi connectivity index (χ0n) is 10.4. The highest BCUT2D eigenvalue weighted by Gasteiger charge is 2.14. The van der Waals surface area contributed by atoms with Gasteiger partial charge in [-0.2, -0.15) is 0 Å². The van der Waals surface area contributed by atoms with E-state index in [1.807, 2.05) is 5.43 Å². The van der Waals surface area contributed by atoms with Crippen LogP contribution in [0.5, 0.6) is 0 Å². The van der Waals surface area contributed by atoms with Gasteiger partial charge in [-0.1, -0.05) is 0 Å². The van der Waals surface area contributed by atoms with E-state index in [0.29, 0.717) is 11.9 Å². The molecule has 9 nitrogen and oxygen atoms in total. The number of rotatable bonds is 5.